The van der Waals surface area contributed by atoms with Crippen molar-refractivity contribution in [1.82, 2.24) is 24.6 Å². The van der Waals surface area contributed by atoms with Crippen molar-refractivity contribution in [2.24, 2.45) is 5.92 Å². The minimum atomic E-state index is -4.45. The number of carbonyl (C=O) groups is 1. The smallest absolute Gasteiger partial charge is 0.373 e. The van der Waals surface area contributed by atoms with Crippen molar-refractivity contribution in [3.8, 4) is 5.82 Å². The number of halogens is 3. The summed E-state index contributed by atoms with van der Waals surface area (Å²) in [5, 5.41) is 4.21. The lowest BCUT2D eigenvalue weighted by Crippen LogP contribution is -2.48. The Kier molecular flexibility index (Phi) is 6.76. The molecule has 4 rings (SSSR count). The summed E-state index contributed by atoms with van der Waals surface area (Å²) in [6, 6.07) is 2.22. The Balaban J connectivity index is 1.36. The highest BCUT2D eigenvalue weighted by atomic mass is 19.4. The number of nitrogens with zero attached hydrogens (tertiary/aromatic N) is 5. The highest BCUT2D eigenvalue weighted by Crippen LogP contribution is 2.29. The third-order valence-electron chi connectivity index (χ3n) is 6.45. The van der Waals surface area contributed by atoms with E-state index in [0.717, 1.165) is 44.7 Å². The number of alkyl halides is 3. The zero-order chi connectivity index (χ0) is 23.8. The molecule has 0 bridgehead atoms. The zero-order valence-corrected chi connectivity index (χ0v) is 19.2. The van der Waals surface area contributed by atoms with Gasteiger partial charge in [0.25, 0.3) is 5.91 Å². The van der Waals surface area contributed by atoms with E-state index in [2.05, 4.69) is 28.8 Å². The van der Waals surface area contributed by atoms with Crippen LogP contribution in [0.5, 0.6) is 0 Å². The maximum atomic E-state index is 13.1. The van der Waals surface area contributed by atoms with Crippen LogP contribution in [-0.4, -0.2) is 75.4 Å². The van der Waals surface area contributed by atoms with Gasteiger partial charge in [-0.05, 0) is 51.7 Å². The number of rotatable bonds is 4. The van der Waals surface area contributed by atoms with Gasteiger partial charge in [0.15, 0.2) is 5.82 Å². The van der Waals surface area contributed by atoms with E-state index in [-0.39, 0.29) is 23.9 Å². The average molecular weight is 466 g/mol. The van der Waals surface area contributed by atoms with Crippen molar-refractivity contribution in [3.63, 3.8) is 0 Å². The number of piperidine rings is 1. The number of ether oxygens (including phenoxy) is 1. The molecule has 33 heavy (non-hydrogen) atoms. The summed E-state index contributed by atoms with van der Waals surface area (Å²) in [6.07, 6.45) is 0.177. The predicted molar refractivity (Wildman–Crippen MR) is 116 cm³/mol. The van der Waals surface area contributed by atoms with Gasteiger partial charge in [-0.1, -0.05) is 0 Å². The molecule has 2 fully saturated rings. The van der Waals surface area contributed by atoms with Crippen LogP contribution in [0.25, 0.3) is 5.82 Å². The van der Waals surface area contributed by atoms with Crippen molar-refractivity contribution in [3.05, 3.63) is 41.3 Å². The van der Waals surface area contributed by atoms with E-state index in [0.29, 0.717) is 30.3 Å². The molecule has 180 valence electrons. The first kappa shape index (κ1) is 23.7. The number of amides is 1. The standard InChI is InChI=1S/C23H30F3N5O2/c1-15-12-29(13-16(2)33-15)14-18-6-8-30(9-7-18)22(32)20-11-28-31(17(20)3)21-5-4-19(10-27-21)23(24,25)26/h4-5,10-11,15-16,18H,6-9,12-14H2,1-3H3. The average Bonchev–Trinajstić information content (AvgIpc) is 3.14. The third-order valence-corrected chi connectivity index (χ3v) is 6.45. The molecule has 2 aliphatic rings. The molecule has 1 amide bonds. The minimum Gasteiger partial charge on any atom is -0.373 e. The highest BCUT2D eigenvalue weighted by Gasteiger charge is 2.32. The molecule has 10 heteroatoms. The second-order valence-electron chi connectivity index (χ2n) is 9.17. The van der Waals surface area contributed by atoms with Gasteiger partial charge in [-0.2, -0.15) is 18.3 Å². The molecule has 0 aromatic carbocycles. The topological polar surface area (TPSA) is 63.5 Å². The lowest BCUT2D eigenvalue weighted by molar-refractivity contribution is -0.137. The summed E-state index contributed by atoms with van der Waals surface area (Å²) in [6.45, 7) is 10.2. The lowest BCUT2D eigenvalue weighted by Gasteiger charge is -2.39. The Morgan fingerprint density at radius 1 is 1.12 bits per heavy atom. The molecular formula is C23H30F3N5O2. The first-order valence-electron chi connectivity index (χ1n) is 11.4. The van der Waals surface area contributed by atoms with Gasteiger partial charge in [0, 0.05) is 38.9 Å². The summed E-state index contributed by atoms with van der Waals surface area (Å²) >= 11 is 0. The van der Waals surface area contributed by atoms with Crippen molar-refractivity contribution >= 4 is 5.91 Å². The Morgan fingerprint density at radius 3 is 2.36 bits per heavy atom. The van der Waals surface area contributed by atoms with E-state index in [1.54, 1.807) is 6.92 Å². The fourth-order valence-electron chi connectivity index (χ4n) is 4.82. The fourth-order valence-corrected chi connectivity index (χ4v) is 4.82. The minimum absolute atomic E-state index is 0.0993. The summed E-state index contributed by atoms with van der Waals surface area (Å²) in [7, 11) is 0. The van der Waals surface area contributed by atoms with Crippen LogP contribution in [0, 0.1) is 12.8 Å². The van der Waals surface area contributed by atoms with Crippen LogP contribution in [0.3, 0.4) is 0 Å². The quantitative estimate of drug-likeness (QED) is 0.691. The normalized spacial score (nSPS) is 23.2. The van der Waals surface area contributed by atoms with Crippen LogP contribution in [0.4, 0.5) is 13.2 Å². The van der Waals surface area contributed by atoms with E-state index in [1.807, 2.05) is 4.90 Å². The Bertz CT molecular complexity index is 957. The van der Waals surface area contributed by atoms with Crippen LogP contribution in [-0.2, 0) is 10.9 Å². The molecule has 2 saturated heterocycles. The number of hydrogen-bond acceptors (Lipinski definition) is 5. The van der Waals surface area contributed by atoms with Crippen molar-refractivity contribution in [2.45, 2.75) is 52.0 Å². The molecule has 0 N–H and O–H groups in total. The van der Waals surface area contributed by atoms with Crippen LogP contribution in [0.2, 0.25) is 0 Å². The second kappa shape index (κ2) is 9.42. The number of pyridine rings is 1. The van der Waals surface area contributed by atoms with Crippen molar-refractivity contribution in [2.75, 3.05) is 32.7 Å². The van der Waals surface area contributed by atoms with E-state index >= 15 is 0 Å². The van der Waals surface area contributed by atoms with E-state index in [1.165, 1.54) is 16.9 Å². The van der Waals surface area contributed by atoms with Crippen molar-refractivity contribution in [1.29, 1.82) is 0 Å². The molecule has 0 saturated carbocycles. The lowest BCUT2D eigenvalue weighted by atomic mass is 9.95. The van der Waals surface area contributed by atoms with Gasteiger partial charge >= 0.3 is 6.18 Å². The van der Waals surface area contributed by atoms with E-state index in [9.17, 15) is 18.0 Å². The Morgan fingerprint density at radius 2 is 1.79 bits per heavy atom. The van der Waals surface area contributed by atoms with Gasteiger partial charge in [-0.25, -0.2) is 9.67 Å². The summed E-state index contributed by atoms with van der Waals surface area (Å²) in [5.41, 5.74) is 0.188. The molecule has 0 aliphatic carbocycles. The summed E-state index contributed by atoms with van der Waals surface area (Å²) < 4.78 is 45.6. The van der Waals surface area contributed by atoms with Gasteiger partial charge in [0.05, 0.1) is 35.2 Å². The molecule has 0 spiro atoms. The van der Waals surface area contributed by atoms with Crippen molar-refractivity contribution < 1.29 is 22.7 Å². The van der Waals surface area contributed by atoms with Crippen LogP contribution in [0.1, 0.15) is 48.3 Å². The maximum Gasteiger partial charge on any atom is 0.417 e. The van der Waals surface area contributed by atoms with Gasteiger partial charge in [-0.3, -0.25) is 9.69 Å². The van der Waals surface area contributed by atoms with Crippen LogP contribution >= 0.6 is 0 Å². The Hall–Kier alpha value is -2.46. The number of aromatic nitrogens is 3. The molecule has 2 aromatic rings. The van der Waals surface area contributed by atoms with Crippen LogP contribution < -0.4 is 0 Å². The first-order valence-corrected chi connectivity index (χ1v) is 11.4. The number of hydrogen-bond donors (Lipinski definition) is 0. The van der Waals surface area contributed by atoms with Gasteiger partial charge in [0.2, 0.25) is 0 Å². The number of carbonyl (C=O) groups excluding carboxylic acids is 1. The zero-order valence-electron chi connectivity index (χ0n) is 19.2. The fraction of sp³-hybridized carbons (Fsp3) is 0.609. The van der Waals surface area contributed by atoms with Gasteiger partial charge in [0.1, 0.15) is 0 Å². The van der Waals surface area contributed by atoms with Gasteiger partial charge < -0.3 is 9.64 Å². The SMILES string of the molecule is Cc1c(C(=O)N2CCC(CN3CC(C)OC(C)C3)CC2)cnn1-c1ccc(C(F)(F)F)cn1. The summed E-state index contributed by atoms with van der Waals surface area (Å²) in [4.78, 5) is 21.3. The molecular weight excluding hydrogens is 435 g/mol. The Labute approximate surface area is 191 Å². The monoisotopic (exact) mass is 465 g/mol. The molecule has 0 radical (unpaired) electrons. The first-order chi connectivity index (χ1) is 15.6. The predicted octanol–water partition coefficient (Wildman–Crippen LogP) is 3.56. The molecule has 2 aromatic heterocycles. The third kappa shape index (κ3) is 5.38. The highest BCUT2D eigenvalue weighted by molar-refractivity contribution is 5.95. The van der Waals surface area contributed by atoms with Crippen LogP contribution in [0.15, 0.2) is 24.5 Å². The summed E-state index contributed by atoms with van der Waals surface area (Å²) in [5.74, 6) is 0.691. The largest absolute Gasteiger partial charge is 0.417 e. The van der Waals surface area contributed by atoms with Gasteiger partial charge in [-0.15, -0.1) is 0 Å². The molecule has 2 aliphatic heterocycles. The second-order valence-corrected chi connectivity index (χ2v) is 9.17. The molecule has 7 nitrogen and oxygen atoms in total. The van der Waals surface area contributed by atoms with E-state index < -0.39 is 11.7 Å². The molecule has 2 unspecified atom stereocenters. The molecule has 4 heterocycles. The molecule has 2 atom stereocenters. The van der Waals surface area contributed by atoms with E-state index in [4.69, 9.17) is 4.74 Å². The number of likely N-dealkylation sites (tertiary alicyclic amines) is 1. The number of morpholine rings is 1. The maximum absolute atomic E-state index is 13.1.